The minimum Gasteiger partial charge on any atom is -0.313 e. The third-order valence-electron chi connectivity index (χ3n) is 3.48. The summed E-state index contributed by atoms with van der Waals surface area (Å²) in [5.74, 6) is 0. The highest BCUT2D eigenvalue weighted by molar-refractivity contribution is 9.10. The van der Waals surface area contributed by atoms with Crippen molar-refractivity contribution < 1.29 is 0 Å². The Kier molecular flexibility index (Phi) is 4.77. The number of nitrogens with one attached hydrogen (secondary N) is 1. The molecule has 0 bridgehead atoms. The first-order valence-electron chi connectivity index (χ1n) is 6.53. The molecule has 0 radical (unpaired) electrons. The molecular weight excluding hydrogens is 302 g/mol. The SMILES string of the molecule is CNC(CCc1c(Br)c(C)nn1C)c1ccccc1. The maximum Gasteiger partial charge on any atom is 0.0738 e. The Hall–Kier alpha value is -1.13. The molecule has 0 fully saturated rings. The van der Waals surface area contributed by atoms with E-state index < -0.39 is 0 Å². The number of benzene rings is 1. The maximum atomic E-state index is 4.44. The summed E-state index contributed by atoms with van der Waals surface area (Å²) in [6.45, 7) is 2.03. The molecule has 0 saturated heterocycles. The van der Waals surface area contributed by atoms with Crippen LogP contribution in [0.15, 0.2) is 34.8 Å². The Morgan fingerprint density at radius 3 is 2.53 bits per heavy atom. The molecule has 102 valence electrons. The number of aromatic nitrogens is 2. The van der Waals surface area contributed by atoms with Crippen LogP contribution in [0.25, 0.3) is 0 Å². The van der Waals surface area contributed by atoms with E-state index in [4.69, 9.17) is 0 Å². The van der Waals surface area contributed by atoms with E-state index in [1.807, 2.05) is 25.7 Å². The Bertz CT molecular complexity index is 534. The topological polar surface area (TPSA) is 29.9 Å². The van der Waals surface area contributed by atoms with Crippen molar-refractivity contribution >= 4 is 15.9 Å². The first-order valence-corrected chi connectivity index (χ1v) is 7.33. The maximum absolute atomic E-state index is 4.44. The summed E-state index contributed by atoms with van der Waals surface area (Å²) in [6, 6.07) is 10.9. The van der Waals surface area contributed by atoms with Crippen LogP contribution >= 0.6 is 15.9 Å². The summed E-state index contributed by atoms with van der Waals surface area (Å²) in [4.78, 5) is 0. The lowest BCUT2D eigenvalue weighted by molar-refractivity contribution is 0.535. The molecule has 2 rings (SSSR count). The van der Waals surface area contributed by atoms with Gasteiger partial charge in [-0.25, -0.2) is 0 Å². The van der Waals surface area contributed by atoms with Crippen LogP contribution in [-0.2, 0) is 13.5 Å². The molecule has 3 nitrogen and oxygen atoms in total. The van der Waals surface area contributed by atoms with Crippen molar-refractivity contribution in [3.05, 3.63) is 51.8 Å². The van der Waals surface area contributed by atoms with Gasteiger partial charge in [0.15, 0.2) is 0 Å². The second-order valence-electron chi connectivity index (χ2n) is 4.76. The number of hydrogen-bond acceptors (Lipinski definition) is 2. The molecule has 1 aromatic heterocycles. The van der Waals surface area contributed by atoms with Gasteiger partial charge in [-0.1, -0.05) is 30.3 Å². The smallest absolute Gasteiger partial charge is 0.0738 e. The van der Waals surface area contributed by atoms with Crippen LogP contribution in [0.1, 0.15) is 29.4 Å². The van der Waals surface area contributed by atoms with Gasteiger partial charge >= 0.3 is 0 Å². The van der Waals surface area contributed by atoms with Gasteiger partial charge in [0.05, 0.1) is 15.9 Å². The predicted octanol–water partition coefficient (Wildman–Crippen LogP) is 3.38. The van der Waals surface area contributed by atoms with Crippen LogP contribution in [0, 0.1) is 6.92 Å². The van der Waals surface area contributed by atoms with E-state index in [-0.39, 0.29) is 0 Å². The molecule has 1 atom stereocenters. The number of hydrogen-bond donors (Lipinski definition) is 1. The normalized spacial score (nSPS) is 12.6. The van der Waals surface area contributed by atoms with Gasteiger partial charge < -0.3 is 5.32 Å². The monoisotopic (exact) mass is 321 g/mol. The summed E-state index contributed by atoms with van der Waals surface area (Å²) < 4.78 is 3.11. The fraction of sp³-hybridized carbons (Fsp3) is 0.400. The molecule has 0 amide bonds. The highest BCUT2D eigenvalue weighted by Crippen LogP contribution is 2.24. The average molecular weight is 322 g/mol. The largest absolute Gasteiger partial charge is 0.313 e. The van der Waals surface area contributed by atoms with E-state index in [0.29, 0.717) is 6.04 Å². The van der Waals surface area contributed by atoms with Gasteiger partial charge in [-0.2, -0.15) is 5.10 Å². The van der Waals surface area contributed by atoms with Crippen LogP contribution in [0.2, 0.25) is 0 Å². The predicted molar refractivity (Wildman–Crippen MR) is 82.2 cm³/mol. The third kappa shape index (κ3) is 3.25. The van der Waals surface area contributed by atoms with E-state index in [0.717, 1.165) is 23.0 Å². The number of rotatable bonds is 5. The summed E-state index contributed by atoms with van der Waals surface area (Å²) >= 11 is 3.63. The van der Waals surface area contributed by atoms with Crippen LogP contribution in [0.5, 0.6) is 0 Å². The molecule has 0 aliphatic rings. The minimum absolute atomic E-state index is 0.378. The fourth-order valence-electron chi connectivity index (χ4n) is 2.40. The Balaban J connectivity index is 2.08. The average Bonchev–Trinajstić information content (AvgIpc) is 2.66. The van der Waals surface area contributed by atoms with E-state index >= 15 is 0 Å². The van der Waals surface area contributed by atoms with E-state index in [2.05, 4.69) is 56.7 Å². The summed E-state index contributed by atoms with van der Waals surface area (Å²) in [5, 5.41) is 7.83. The number of aryl methyl sites for hydroxylation is 2. The van der Waals surface area contributed by atoms with Gasteiger partial charge in [-0.15, -0.1) is 0 Å². The van der Waals surface area contributed by atoms with Crippen molar-refractivity contribution in [1.29, 1.82) is 0 Å². The van der Waals surface area contributed by atoms with Crippen molar-refractivity contribution in [1.82, 2.24) is 15.1 Å². The Morgan fingerprint density at radius 1 is 1.32 bits per heavy atom. The molecule has 0 spiro atoms. The minimum atomic E-state index is 0.378. The van der Waals surface area contributed by atoms with Crippen molar-refractivity contribution in [2.45, 2.75) is 25.8 Å². The van der Waals surface area contributed by atoms with E-state index in [1.54, 1.807) is 0 Å². The molecule has 0 aliphatic carbocycles. The van der Waals surface area contributed by atoms with E-state index in [9.17, 15) is 0 Å². The van der Waals surface area contributed by atoms with E-state index in [1.165, 1.54) is 11.3 Å². The summed E-state index contributed by atoms with van der Waals surface area (Å²) in [5.41, 5.74) is 3.65. The lowest BCUT2D eigenvalue weighted by atomic mass is 10.0. The van der Waals surface area contributed by atoms with Crippen molar-refractivity contribution in [3.8, 4) is 0 Å². The summed E-state index contributed by atoms with van der Waals surface area (Å²) in [6.07, 6.45) is 2.05. The first-order chi connectivity index (χ1) is 9.13. The lowest BCUT2D eigenvalue weighted by Gasteiger charge is -2.16. The standard InChI is InChI=1S/C15H20BrN3/c1-11-15(16)14(19(3)18-11)10-9-13(17-2)12-7-5-4-6-8-12/h4-8,13,17H,9-10H2,1-3H3. The highest BCUT2D eigenvalue weighted by Gasteiger charge is 2.14. The fourth-order valence-corrected chi connectivity index (χ4v) is 2.93. The molecule has 1 heterocycles. The Morgan fingerprint density at radius 2 is 2.00 bits per heavy atom. The van der Waals surface area contributed by atoms with Crippen molar-refractivity contribution in [2.24, 2.45) is 7.05 Å². The van der Waals surface area contributed by atoms with Crippen LogP contribution in [0.4, 0.5) is 0 Å². The van der Waals surface area contributed by atoms with Gasteiger partial charge in [-0.05, 0) is 48.3 Å². The molecule has 4 heteroatoms. The second kappa shape index (κ2) is 6.35. The highest BCUT2D eigenvalue weighted by atomic mass is 79.9. The van der Waals surface area contributed by atoms with Gasteiger partial charge in [0.1, 0.15) is 0 Å². The third-order valence-corrected chi connectivity index (χ3v) is 4.51. The number of halogens is 1. The van der Waals surface area contributed by atoms with Crippen molar-refractivity contribution in [3.63, 3.8) is 0 Å². The first kappa shape index (κ1) is 14.3. The van der Waals surface area contributed by atoms with Crippen molar-refractivity contribution in [2.75, 3.05) is 7.05 Å². The molecule has 2 aromatic rings. The zero-order valence-electron chi connectivity index (χ0n) is 11.7. The molecule has 1 N–H and O–H groups in total. The number of nitrogens with zero attached hydrogens (tertiary/aromatic N) is 2. The molecule has 0 saturated carbocycles. The second-order valence-corrected chi connectivity index (χ2v) is 5.55. The molecule has 1 unspecified atom stereocenters. The van der Waals surface area contributed by atoms with Crippen LogP contribution in [-0.4, -0.2) is 16.8 Å². The van der Waals surface area contributed by atoms with Gasteiger partial charge in [0.2, 0.25) is 0 Å². The van der Waals surface area contributed by atoms with Crippen LogP contribution < -0.4 is 5.32 Å². The zero-order valence-corrected chi connectivity index (χ0v) is 13.2. The van der Waals surface area contributed by atoms with Gasteiger partial charge in [0, 0.05) is 13.1 Å². The van der Waals surface area contributed by atoms with Crippen LogP contribution in [0.3, 0.4) is 0 Å². The Labute approximate surface area is 123 Å². The lowest BCUT2D eigenvalue weighted by Crippen LogP contribution is -2.17. The molecule has 19 heavy (non-hydrogen) atoms. The summed E-state index contributed by atoms with van der Waals surface area (Å²) in [7, 11) is 4.02. The molecule has 0 aliphatic heterocycles. The van der Waals surface area contributed by atoms with Gasteiger partial charge in [0.25, 0.3) is 0 Å². The molecular formula is C15H20BrN3. The molecule has 1 aromatic carbocycles. The quantitative estimate of drug-likeness (QED) is 0.914. The zero-order chi connectivity index (χ0) is 13.8. The van der Waals surface area contributed by atoms with Gasteiger partial charge in [-0.3, -0.25) is 4.68 Å².